The first-order valence-electron chi connectivity index (χ1n) is 8.27. The van der Waals surface area contributed by atoms with Crippen molar-refractivity contribution in [2.24, 2.45) is 11.8 Å². The molecule has 3 aromatic rings. The summed E-state index contributed by atoms with van der Waals surface area (Å²) in [5.74, 6) is 1.05. The maximum absolute atomic E-state index is 12.9. The van der Waals surface area contributed by atoms with Crippen molar-refractivity contribution in [3.63, 3.8) is 0 Å². The number of hydrogen-bond donors (Lipinski definition) is 0. The van der Waals surface area contributed by atoms with Gasteiger partial charge in [0.1, 0.15) is 5.58 Å². The second-order valence-corrected chi connectivity index (χ2v) is 7.95. The van der Waals surface area contributed by atoms with Gasteiger partial charge in [-0.15, -0.1) is 11.3 Å². The number of thiophene rings is 1. The monoisotopic (exact) mass is 341 g/mol. The summed E-state index contributed by atoms with van der Waals surface area (Å²) in [6.45, 7) is 5.94. The topological polar surface area (TPSA) is 50.5 Å². The van der Waals surface area contributed by atoms with E-state index in [1.54, 1.807) is 12.1 Å². The van der Waals surface area contributed by atoms with Gasteiger partial charge in [-0.3, -0.25) is 4.79 Å². The number of carbonyl (C=O) groups excluding carboxylic acids is 1. The molecule has 2 atom stereocenters. The number of hydrogen-bond acceptors (Lipinski definition) is 4. The molecule has 124 valence electrons. The minimum absolute atomic E-state index is 0.0260. The molecule has 1 aliphatic heterocycles. The molecule has 1 aliphatic rings. The highest BCUT2D eigenvalue weighted by atomic mass is 32.1. The van der Waals surface area contributed by atoms with Crippen molar-refractivity contribution >= 4 is 38.3 Å². The number of piperidine rings is 1. The van der Waals surface area contributed by atoms with E-state index in [-0.39, 0.29) is 11.5 Å². The lowest BCUT2D eigenvalue weighted by Crippen LogP contribution is -2.42. The van der Waals surface area contributed by atoms with Crippen molar-refractivity contribution in [3.05, 3.63) is 45.6 Å². The molecule has 1 fully saturated rings. The summed E-state index contributed by atoms with van der Waals surface area (Å²) in [6, 6.07) is 9.16. The fourth-order valence-corrected chi connectivity index (χ4v) is 4.87. The van der Waals surface area contributed by atoms with Gasteiger partial charge in [0.25, 0.3) is 5.91 Å². The Hall–Kier alpha value is -2.14. The summed E-state index contributed by atoms with van der Waals surface area (Å²) in [5, 5.41) is 1.39. The Morgan fingerprint density at radius 3 is 2.62 bits per heavy atom. The third-order valence-corrected chi connectivity index (χ3v) is 5.81. The molecule has 24 heavy (non-hydrogen) atoms. The lowest BCUT2D eigenvalue weighted by molar-refractivity contribution is 0.0628. The van der Waals surface area contributed by atoms with E-state index in [1.807, 2.05) is 23.1 Å². The largest absolute Gasteiger partial charge is 0.422 e. The minimum atomic E-state index is -0.376. The Bertz CT molecular complexity index is 977. The lowest BCUT2D eigenvalue weighted by Gasteiger charge is -2.34. The summed E-state index contributed by atoms with van der Waals surface area (Å²) < 4.78 is 6.21. The van der Waals surface area contributed by atoms with E-state index in [9.17, 15) is 9.59 Å². The number of amides is 1. The third-order valence-electron chi connectivity index (χ3n) is 4.65. The van der Waals surface area contributed by atoms with Gasteiger partial charge in [-0.25, -0.2) is 4.79 Å². The van der Waals surface area contributed by atoms with Gasteiger partial charge < -0.3 is 9.32 Å². The van der Waals surface area contributed by atoms with Crippen molar-refractivity contribution < 1.29 is 9.21 Å². The van der Waals surface area contributed by atoms with Crippen LogP contribution in [0, 0.1) is 11.8 Å². The molecule has 0 bridgehead atoms. The van der Waals surface area contributed by atoms with Crippen LogP contribution in [0.25, 0.3) is 21.1 Å². The number of carbonyl (C=O) groups is 1. The quantitative estimate of drug-likeness (QED) is 0.626. The number of benzene rings is 1. The number of nitrogens with zero attached hydrogens (tertiary/aromatic N) is 1. The van der Waals surface area contributed by atoms with Crippen molar-refractivity contribution in [1.29, 1.82) is 0 Å². The van der Waals surface area contributed by atoms with Gasteiger partial charge in [0.15, 0.2) is 0 Å². The Morgan fingerprint density at radius 1 is 1.17 bits per heavy atom. The third kappa shape index (κ3) is 2.53. The fraction of sp³-hybridized carbons (Fsp3) is 0.368. The first-order chi connectivity index (χ1) is 11.5. The molecule has 1 aromatic carbocycles. The molecule has 1 saturated heterocycles. The highest BCUT2D eigenvalue weighted by Crippen LogP contribution is 2.32. The van der Waals surface area contributed by atoms with Gasteiger partial charge >= 0.3 is 5.63 Å². The van der Waals surface area contributed by atoms with Crippen molar-refractivity contribution in [1.82, 2.24) is 4.90 Å². The van der Waals surface area contributed by atoms with E-state index in [1.165, 1.54) is 11.3 Å². The molecule has 4 rings (SSSR count). The molecular formula is C19H19NO3S. The van der Waals surface area contributed by atoms with E-state index in [0.717, 1.165) is 29.6 Å². The van der Waals surface area contributed by atoms with Crippen molar-refractivity contribution in [2.75, 3.05) is 13.1 Å². The lowest BCUT2D eigenvalue weighted by atomic mass is 9.92. The van der Waals surface area contributed by atoms with E-state index < -0.39 is 0 Å². The van der Waals surface area contributed by atoms with Gasteiger partial charge in [0.2, 0.25) is 0 Å². The van der Waals surface area contributed by atoms with Gasteiger partial charge in [0, 0.05) is 18.5 Å². The maximum Gasteiger partial charge on any atom is 0.345 e. The van der Waals surface area contributed by atoms with Crippen LogP contribution in [0.15, 0.2) is 39.5 Å². The van der Waals surface area contributed by atoms with Crippen LogP contribution in [0.2, 0.25) is 0 Å². The van der Waals surface area contributed by atoms with Crippen molar-refractivity contribution in [3.8, 4) is 0 Å². The van der Waals surface area contributed by atoms with Crippen LogP contribution in [0.1, 0.15) is 29.9 Å². The predicted molar refractivity (Wildman–Crippen MR) is 96.7 cm³/mol. The first kappa shape index (κ1) is 15.4. The molecule has 5 heteroatoms. The van der Waals surface area contributed by atoms with Crippen LogP contribution in [0.5, 0.6) is 0 Å². The summed E-state index contributed by atoms with van der Waals surface area (Å²) in [5.41, 5.74) is 0.190. The number of likely N-dealkylation sites (tertiary alicyclic amines) is 1. The Labute approximate surface area is 143 Å². The molecule has 0 radical (unpaired) electrons. The smallest absolute Gasteiger partial charge is 0.345 e. The number of fused-ring (bicyclic) bond motifs is 3. The van der Waals surface area contributed by atoms with E-state index in [2.05, 4.69) is 13.8 Å². The number of rotatable bonds is 1. The average Bonchev–Trinajstić information content (AvgIpc) is 2.99. The molecule has 2 aromatic heterocycles. The Kier molecular flexibility index (Phi) is 3.68. The second-order valence-electron chi connectivity index (χ2n) is 6.90. The van der Waals surface area contributed by atoms with E-state index in [4.69, 9.17) is 4.42 Å². The van der Waals surface area contributed by atoms with Gasteiger partial charge in [0.05, 0.1) is 15.0 Å². The van der Waals surface area contributed by atoms with E-state index >= 15 is 0 Å². The van der Waals surface area contributed by atoms with Gasteiger partial charge in [-0.05, 0) is 36.5 Å². The molecule has 0 unspecified atom stereocenters. The van der Waals surface area contributed by atoms with Crippen LogP contribution in [-0.4, -0.2) is 23.9 Å². The second kappa shape index (κ2) is 5.74. The van der Waals surface area contributed by atoms with Gasteiger partial charge in [-0.1, -0.05) is 26.0 Å². The number of para-hydroxylation sites is 1. The molecule has 4 nitrogen and oxygen atoms in total. The molecule has 1 amide bonds. The standard InChI is InChI=1S/C19H19NO3S/c1-11-7-12(2)10-20(9-11)18(21)16-8-14-17(24-16)13-5-3-4-6-15(13)23-19(14)22/h3-6,8,11-12H,7,9-10H2,1-2H3/t11-,12+. The van der Waals surface area contributed by atoms with Gasteiger partial charge in [-0.2, -0.15) is 0 Å². The molecule has 0 N–H and O–H groups in total. The zero-order valence-corrected chi connectivity index (χ0v) is 14.6. The fourth-order valence-electron chi connectivity index (χ4n) is 3.73. The zero-order chi connectivity index (χ0) is 16.8. The summed E-state index contributed by atoms with van der Waals surface area (Å²) in [6.07, 6.45) is 1.16. The normalized spacial score (nSPS) is 21.5. The van der Waals surface area contributed by atoms with E-state index in [0.29, 0.717) is 27.7 Å². The highest BCUT2D eigenvalue weighted by molar-refractivity contribution is 7.21. The summed E-state index contributed by atoms with van der Waals surface area (Å²) in [4.78, 5) is 27.7. The molecule has 0 spiro atoms. The Morgan fingerprint density at radius 2 is 1.88 bits per heavy atom. The van der Waals surface area contributed by atoms with Crippen molar-refractivity contribution in [2.45, 2.75) is 20.3 Å². The molecule has 0 aliphatic carbocycles. The molecule has 3 heterocycles. The molecular weight excluding hydrogens is 322 g/mol. The SMILES string of the molecule is C[C@@H]1C[C@H](C)CN(C(=O)c2cc3c(=O)oc4ccccc4c3s2)C1. The Balaban J connectivity index is 1.80. The zero-order valence-electron chi connectivity index (χ0n) is 13.7. The highest BCUT2D eigenvalue weighted by Gasteiger charge is 2.27. The predicted octanol–water partition coefficient (Wildman–Crippen LogP) is 4.13. The maximum atomic E-state index is 12.9. The summed E-state index contributed by atoms with van der Waals surface area (Å²) in [7, 11) is 0. The minimum Gasteiger partial charge on any atom is -0.422 e. The van der Waals surface area contributed by atoms with Crippen LogP contribution in [-0.2, 0) is 0 Å². The van der Waals surface area contributed by atoms with Crippen LogP contribution < -0.4 is 5.63 Å². The summed E-state index contributed by atoms with van der Waals surface area (Å²) >= 11 is 1.39. The first-order valence-corrected chi connectivity index (χ1v) is 9.09. The van der Waals surface area contributed by atoms with Crippen LogP contribution in [0.4, 0.5) is 0 Å². The van der Waals surface area contributed by atoms with Crippen LogP contribution in [0.3, 0.4) is 0 Å². The molecule has 0 saturated carbocycles. The van der Waals surface area contributed by atoms with Crippen LogP contribution >= 0.6 is 11.3 Å². The average molecular weight is 341 g/mol.